The average molecular weight is 286 g/mol. The van der Waals surface area contributed by atoms with Crippen molar-refractivity contribution in [3.63, 3.8) is 0 Å². The van der Waals surface area contributed by atoms with E-state index >= 15 is 0 Å². The van der Waals surface area contributed by atoms with Crippen molar-refractivity contribution in [2.45, 2.75) is 11.7 Å². The Bertz CT molecular complexity index is 647. The van der Waals surface area contributed by atoms with Crippen molar-refractivity contribution in [1.29, 1.82) is 0 Å². The van der Waals surface area contributed by atoms with Gasteiger partial charge < -0.3 is 0 Å². The van der Waals surface area contributed by atoms with Gasteiger partial charge in [-0.05, 0) is 18.4 Å². The van der Waals surface area contributed by atoms with Crippen LogP contribution in [0.1, 0.15) is 5.56 Å². The fraction of sp³-hybridized carbons (Fsp3) is 0.214. The summed E-state index contributed by atoms with van der Waals surface area (Å²) < 4.78 is 0. The Hall–Kier alpha value is -2.08. The van der Waals surface area contributed by atoms with Crippen LogP contribution in [-0.4, -0.2) is 29.3 Å². The van der Waals surface area contributed by atoms with Crippen molar-refractivity contribution in [2.75, 3.05) is 23.1 Å². The number of benzene rings is 1. The van der Waals surface area contributed by atoms with Crippen LogP contribution in [0.3, 0.4) is 0 Å². The van der Waals surface area contributed by atoms with Crippen molar-refractivity contribution in [3.8, 4) is 0 Å². The van der Waals surface area contributed by atoms with Crippen LogP contribution < -0.4 is 9.80 Å². The van der Waals surface area contributed by atoms with E-state index in [0.717, 1.165) is 11.3 Å². The molecule has 5 nitrogen and oxygen atoms in total. The van der Waals surface area contributed by atoms with Gasteiger partial charge in [0.15, 0.2) is 5.16 Å². The molecule has 0 atom stereocenters. The fourth-order valence-electron chi connectivity index (χ4n) is 2.20. The lowest BCUT2D eigenvalue weighted by Gasteiger charge is -2.33. The number of nitrogens with zero attached hydrogens (tertiary/aromatic N) is 4. The molecular weight excluding hydrogens is 272 g/mol. The molecule has 20 heavy (non-hydrogen) atoms. The Morgan fingerprint density at radius 3 is 2.70 bits per heavy atom. The smallest absolute Gasteiger partial charge is 0.289 e. The number of urea groups is 1. The standard InChI is InChI=1S/C14H14N4OS/c1-17-12-10(8-15-13(16-12)20-2)9-18(14(17)19)11-6-4-3-5-7-11/h3-8H,9H2,1-2H3. The van der Waals surface area contributed by atoms with Crippen molar-refractivity contribution in [2.24, 2.45) is 0 Å². The van der Waals surface area contributed by atoms with E-state index < -0.39 is 0 Å². The van der Waals surface area contributed by atoms with Gasteiger partial charge >= 0.3 is 6.03 Å². The first-order chi connectivity index (χ1) is 9.70. The lowest BCUT2D eigenvalue weighted by atomic mass is 10.2. The van der Waals surface area contributed by atoms with Gasteiger partial charge in [0.05, 0.1) is 6.54 Å². The summed E-state index contributed by atoms with van der Waals surface area (Å²) in [6.07, 6.45) is 3.72. The number of para-hydroxylation sites is 1. The maximum Gasteiger partial charge on any atom is 0.330 e. The van der Waals surface area contributed by atoms with Gasteiger partial charge in [0.2, 0.25) is 0 Å². The number of amides is 2. The predicted octanol–water partition coefficient (Wildman–Crippen LogP) is 2.77. The third-order valence-electron chi connectivity index (χ3n) is 3.23. The predicted molar refractivity (Wildman–Crippen MR) is 80.2 cm³/mol. The number of carbonyl (C=O) groups is 1. The van der Waals surface area contributed by atoms with Gasteiger partial charge in [-0.2, -0.15) is 0 Å². The highest BCUT2D eigenvalue weighted by Gasteiger charge is 2.30. The minimum atomic E-state index is -0.0746. The number of hydrogen-bond acceptors (Lipinski definition) is 4. The maximum absolute atomic E-state index is 12.5. The van der Waals surface area contributed by atoms with E-state index in [1.165, 1.54) is 11.8 Å². The molecular formula is C14H14N4OS. The summed E-state index contributed by atoms with van der Waals surface area (Å²) in [7, 11) is 1.74. The molecule has 0 aliphatic carbocycles. The zero-order valence-electron chi connectivity index (χ0n) is 11.3. The van der Waals surface area contributed by atoms with Gasteiger partial charge in [-0.25, -0.2) is 14.8 Å². The molecule has 3 rings (SSSR count). The van der Waals surface area contributed by atoms with Crippen molar-refractivity contribution >= 4 is 29.3 Å². The normalized spacial score (nSPS) is 14.4. The number of fused-ring (bicyclic) bond motifs is 1. The van der Waals surface area contributed by atoms with E-state index in [2.05, 4.69) is 9.97 Å². The summed E-state index contributed by atoms with van der Waals surface area (Å²) in [4.78, 5) is 24.5. The van der Waals surface area contributed by atoms with Crippen LogP contribution in [0.15, 0.2) is 41.7 Å². The van der Waals surface area contributed by atoms with Crippen LogP contribution in [0.4, 0.5) is 16.3 Å². The molecule has 0 bridgehead atoms. The number of carbonyl (C=O) groups excluding carboxylic acids is 1. The van der Waals surface area contributed by atoms with Gasteiger partial charge in [-0.3, -0.25) is 9.80 Å². The third-order valence-corrected chi connectivity index (χ3v) is 3.80. The molecule has 102 valence electrons. The Balaban J connectivity index is 2.01. The number of thioether (sulfide) groups is 1. The van der Waals surface area contributed by atoms with Crippen molar-refractivity contribution in [1.82, 2.24) is 9.97 Å². The molecule has 0 N–H and O–H groups in total. The van der Waals surface area contributed by atoms with Crippen LogP contribution in [0.5, 0.6) is 0 Å². The molecule has 0 unspecified atom stereocenters. The molecule has 2 amide bonds. The van der Waals surface area contributed by atoms with E-state index in [9.17, 15) is 4.79 Å². The van der Waals surface area contributed by atoms with Crippen LogP contribution in [0.2, 0.25) is 0 Å². The molecule has 0 fully saturated rings. The lowest BCUT2D eigenvalue weighted by Crippen LogP contribution is -2.45. The maximum atomic E-state index is 12.5. The van der Waals surface area contributed by atoms with Gasteiger partial charge in [0.1, 0.15) is 5.82 Å². The molecule has 0 spiro atoms. The zero-order chi connectivity index (χ0) is 14.1. The highest BCUT2D eigenvalue weighted by molar-refractivity contribution is 7.98. The molecule has 1 aromatic carbocycles. The highest BCUT2D eigenvalue weighted by Crippen LogP contribution is 2.29. The van der Waals surface area contributed by atoms with Crippen LogP contribution >= 0.6 is 11.8 Å². The molecule has 0 saturated heterocycles. The highest BCUT2D eigenvalue weighted by atomic mass is 32.2. The van der Waals surface area contributed by atoms with E-state index in [4.69, 9.17) is 0 Å². The van der Waals surface area contributed by atoms with Crippen LogP contribution in [0, 0.1) is 0 Å². The molecule has 0 saturated carbocycles. The second-order valence-corrected chi connectivity index (χ2v) is 5.24. The molecule has 2 aromatic rings. The van der Waals surface area contributed by atoms with E-state index in [-0.39, 0.29) is 6.03 Å². The van der Waals surface area contributed by atoms with E-state index in [1.807, 2.05) is 36.6 Å². The number of rotatable bonds is 2. The Labute approximate surface area is 121 Å². The fourth-order valence-corrected chi connectivity index (χ4v) is 2.54. The first-order valence-electron chi connectivity index (χ1n) is 6.21. The molecule has 1 aromatic heterocycles. The molecule has 1 aliphatic rings. The second-order valence-electron chi connectivity index (χ2n) is 4.47. The molecule has 1 aliphatic heterocycles. The number of anilines is 2. The number of aromatic nitrogens is 2. The second kappa shape index (κ2) is 5.13. The minimum Gasteiger partial charge on any atom is -0.289 e. The van der Waals surface area contributed by atoms with Gasteiger partial charge in [0, 0.05) is 24.5 Å². The first kappa shape index (κ1) is 12.9. The van der Waals surface area contributed by atoms with Crippen molar-refractivity contribution in [3.05, 3.63) is 42.1 Å². The van der Waals surface area contributed by atoms with Gasteiger partial charge in [-0.15, -0.1) is 0 Å². The number of hydrogen-bond donors (Lipinski definition) is 0. The first-order valence-corrected chi connectivity index (χ1v) is 7.43. The summed E-state index contributed by atoms with van der Waals surface area (Å²) in [5.74, 6) is 0.696. The summed E-state index contributed by atoms with van der Waals surface area (Å²) in [6, 6.07) is 9.55. The average Bonchev–Trinajstić information content (AvgIpc) is 2.51. The summed E-state index contributed by atoms with van der Waals surface area (Å²) in [5.41, 5.74) is 1.83. The zero-order valence-corrected chi connectivity index (χ0v) is 12.1. The summed E-state index contributed by atoms with van der Waals surface area (Å²) >= 11 is 1.47. The van der Waals surface area contributed by atoms with Crippen molar-refractivity contribution < 1.29 is 4.79 Å². The van der Waals surface area contributed by atoms with Gasteiger partial charge in [-0.1, -0.05) is 30.0 Å². The monoisotopic (exact) mass is 286 g/mol. The Morgan fingerprint density at radius 2 is 2.00 bits per heavy atom. The van der Waals surface area contributed by atoms with E-state index in [0.29, 0.717) is 17.5 Å². The lowest BCUT2D eigenvalue weighted by molar-refractivity contribution is 0.251. The molecule has 0 radical (unpaired) electrons. The SMILES string of the molecule is CSc1ncc2c(n1)N(C)C(=O)N(c1ccccc1)C2. The Kier molecular flexibility index (Phi) is 3.31. The quantitative estimate of drug-likeness (QED) is 0.629. The minimum absolute atomic E-state index is 0.0746. The summed E-state index contributed by atoms with van der Waals surface area (Å²) in [6.45, 7) is 0.497. The largest absolute Gasteiger partial charge is 0.330 e. The topological polar surface area (TPSA) is 49.3 Å². The Morgan fingerprint density at radius 1 is 1.25 bits per heavy atom. The molecule has 2 heterocycles. The van der Waals surface area contributed by atoms with Crippen LogP contribution in [-0.2, 0) is 6.54 Å². The third kappa shape index (κ3) is 2.12. The van der Waals surface area contributed by atoms with Gasteiger partial charge in [0.25, 0.3) is 0 Å². The van der Waals surface area contributed by atoms with E-state index in [1.54, 1.807) is 23.0 Å². The van der Waals surface area contributed by atoms with Crippen LogP contribution in [0.25, 0.3) is 0 Å². The summed E-state index contributed by atoms with van der Waals surface area (Å²) in [5, 5.41) is 0.677. The molecule has 6 heteroatoms.